The summed E-state index contributed by atoms with van der Waals surface area (Å²) in [6.07, 6.45) is 2.73. The topological polar surface area (TPSA) is 15.3 Å². The van der Waals surface area contributed by atoms with Gasteiger partial charge < -0.3 is 5.32 Å². The number of hydrogen-bond donors (Lipinski definition) is 1. The van der Waals surface area contributed by atoms with Gasteiger partial charge >= 0.3 is 0 Å². The molecule has 1 atom stereocenters. The zero-order valence-corrected chi connectivity index (χ0v) is 10.5. The van der Waals surface area contributed by atoms with Crippen molar-refractivity contribution < 1.29 is 0 Å². The predicted molar refractivity (Wildman–Crippen MR) is 68.5 cm³/mol. The average molecular weight is 226 g/mol. The molecule has 1 aliphatic heterocycles. The van der Waals surface area contributed by atoms with Gasteiger partial charge in [0.1, 0.15) is 0 Å². The molecule has 2 aliphatic rings. The second kappa shape index (κ2) is 5.37. The molecule has 0 aromatic rings. The van der Waals surface area contributed by atoms with E-state index >= 15 is 0 Å². The standard InChI is InChI=1S/C12H22N2S/c1-10(7-13-12-3-4-12)8-14-5-6-15-9-11(14)2/h11-13H,1,3-9H2,2H3. The molecule has 86 valence electrons. The van der Waals surface area contributed by atoms with Crippen LogP contribution < -0.4 is 5.32 Å². The summed E-state index contributed by atoms with van der Waals surface area (Å²) in [5.41, 5.74) is 1.35. The van der Waals surface area contributed by atoms with Gasteiger partial charge in [0.15, 0.2) is 0 Å². The molecule has 0 amide bonds. The maximum absolute atomic E-state index is 4.17. The number of thioether (sulfide) groups is 1. The zero-order chi connectivity index (χ0) is 10.7. The maximum atomic E-state index is 4.17. The predicted octanol–water partition coefficient (Wildman–Crippen LogP) is 1.73. The molecule has 3 heteroatoms. The van der Waals surface area contributed by atoms with Gasteiger partial charge in [-0.15, -0.1) is 0 Å². The molecule has 2 fully saturated rings. The zero-order valence-electron chi connectivity index (χ0n) is 9.67. The Balaban J connectivity index is 1.66. The lowest BCUT2D eigenvalue weighted by atomic mass is 10.2. The van der Waals surface area contributed by atoms with E-state index in [0.717, 1.165) is 25.2 Å². The van der Waals surface area contributed by atoms with Crippen LogP contribution in [-0.4, -0.2) is 48.1 Å². The van der Waals surface area contributed by atoms with Crippen LogP contribution in [0.4, 0.5) is 0 Å². The van der Waals surface area contributed by atoms with E-state index in [0.29, 0.717) is 0 Å². The van der Waals surface area contributed by atoms with Crippen LogP contribution >= 0.6 is 11.8 Å². The molecule has 1 N–H and O–H groups in total. The lowest BCUT2D eigenvalue weighted by molar-refractivity contribution is 0.251. The van der Waals surface area contributed by atoms with Crippen molar-refractivity contribution in [2.24, 2.45) is 0 Å². The minimum absolute atomic E-state index is 0.724. The molecule has 15 heavy (non-hydrogen) atoms. The molecular weight excluding hydrogens is 204 g/mol. The number of rotatable bonds is 5. The Labute approximate surface area is 97.5 Å². The minimum Gasteiger partial charge on any atom is -0.310 e. The molecule has 2 nitrogen and oxygen atoms in total. The number of nitrogens with one attached hydrogen (secondary N) is 1. The van der Waals surface area contributed by atoms with Crippen LogP contribution in [0.5, 0.6) is 0 Å². The van der Waals surface area contributed by atoms with E-state index in [2.05, 4.69) is 35.5 Å². The quantitative estimate of drug-likeness (QED) is 0.719. The molecular formula is C12H22N2S. The lowest BCUT2D eigenvalue weighted by Crippen LogP contribution is -2.42. The number of hydrogen-bond acceptors (Lipinski definition) is 3. The summed E-state index contributed by atoms with van der Waals surface area (Å²) < 4.78 is 0. The Hall–Kier alpha value is 0.0100. The van der Waals surface area contributed by atoms with E-state index in [-0.39, 0.29) is 0 Å². The normalized spacial score (nSPS) is 27.9. The highest BCUT2D eigenvalue weighted by Crippen LogP contribution is 2.19. The first kappa shape index (κ1) is 11.5. The second-order valence-electron chi connectivity index (χ2n) is 4.80. The van der Waals surface area contributed by atoms with Crippen molar-refractivity contribution in [1.82, 2.24) is 10.2 Å². The molecule has 1 unspecified atom stereocenters. The monoisotopic (exact) mass is 226 g/mol. The lowest BCUT2D eigenvalue weighted by Gasteiger charge is -2.33. The molecule has 2 rings (SSSR count). The third-order valence-electron chi connectivity index (χ3n) is 3.15. The van der Waals surface area contributed by atoms with Crippen LogP contribution in [0.3, 0.4) is 0 Å². The highest BCUT2D eigenvalue weighted by molar-refractivity contribution is 7.99. The van der Waals surface area contributed by atoms with Crippen LogP contribution in [0.2, 0.25) is 0 Å². The van der Waals surface area contributed by atoms with Crippen molar-refractivity contribution in [1.29, 1.82) is 0 Å². The highest BCUT2D eigenvalue weighted by Gasteiger charge is 2.22. The smallest absolute Gasteiger partial charge is 0.0206 e. The van der Waals surface area contributed by atoms with E-state index in [1.807, 2.05) is 0 Å². The van der Waals surface area contributed by atoms with Gasteiger partial charge in [0.2, 0.25) is 0 Å². The van der Waals surface area contributed by atoms with Gasteiger partial charge in [-0.25, -0.2) is 0 Å². The minimum atomic E-state index is 0.724. The highest BCUT2D eigenvalue weighted by atomic mass is 32.2. The molecule has 1 saturated carbocycles. The van der Waals surface area contributed by atoms with E-state index < -0.39 is 0 Å². The summed E-state index contributed by atoms with van der Waals surface area (Å²) in [7, 11) is 0. The first-order valence-electron chi connectivity index (χ1n) is 5.97. The molecule has 0 bridgehead atoms. The summed E-state index contributed by atoms with van der Waals surface area (Å²) >= 11 is 2.08. The Morgan fingerprint density at radius 1 is 1.53 bits per heavy atom. The first-order valence-corrected chi connectivity index (χ1v) is 7.13. The van der Waals surface area contributed by atoms with E-state index in [1.54, 1.807) is 0 Å². The summed E-state index contributed by atoms with van der Waals surface area (Å²) in [6, 6.07) is 1.53. The Bertz CT molecular complexity index is 226. The van der Waals surface area contributed by atoms with Crippen LogP contribution in [-0.2, 0) is 0 Å². The maximum Gasteiger partial charge on any atom is 0.0206 e. The fourth-order valence-corrected chi connectivity index (χ4v) is 3.00. The third-order valence-corrected chi connectivity index (χ3v) is 4.34. The molecule has 1 aliphatic carbocycles. The molecule has 0 aromatic heterocycles. The molecule has 0 spiro atoms. The van der Waals surface area contributed by atoms with Crippen molar-refractivity contribution in [2.75, 3.05) is 31.1 Å². The summed E-state index contributed by atoms with van der Waals surface area (Å²) in [5.74, 6) is 2.57. The fraction of sp³-hybridized carbons (Fsp3) is 0.833. The van der Waals surface area contributed by atoms with Crippen LogP contribution in [0.25, 0.3) is 0 Å². The summed E-state index contributed by atoms with van der Waals surface area (Å²) in [6.45, 7) is 9.83. The van der Waals surface area contributed by atoms with Gasteiger partial charge in [-0.3, -0.25) is 4.90 Å². The molecule has 1 heterocycles. The van der Waals surface area contributed by atoms with Crippen molar-refractivity contribution in [2.45, 2.75) is 31.8 Å². The Morgan fingerprint density at radius 3 is 3.00 bits per heavy atom. The largest absolute Gasteiger partial charge is 0.310 e. The van der Waals surface area contributed by atoms with Gasteiger partial charge in [0, 0.05) is 43.2 Å². The van der Waals surface area contributed by atoms with Crippen LogP contribution in [0.1, 0.15) is 19.8 Å². The molecule has 1 saturated heterocycles. The van der Waals surface area contributed by atoms with E-state index in [4.69, 9.17) is 0 Å². The molecule has 0 aromatic carbocycles. The van der Waals surface area contributed by atoms with Gasteiger partial charge in [-0.2, -0.15) is 11.8 Å². The SMILES string of the molecule is C=C(CNC1CC1)CN1CCSCC1C. The first-order chi connectivity index (χ1) is 7.25. The van der Waals surface area contributed by atoms with E-state index in [1.165, 1.54) is 36.5 Å². The Morgan fingerprint density at radius 2 is 2.33 bits per heavy atom. The van der Waals surface area contributed by atoms with Crippen molar-refractivity contribution in [3.63, 3.8) is 0 Å². The van der Waals surface area contributed by atoms with Gasteiger partial charge in [-0.1, -0.05) is 6.58 Å². The van der Waals surface area contributed by atoms with Gasteiger partial charge in [0.05, 0.1) is 0 Å². The van der Waals surface area contributed by atoms with Crippen molar-refractivity contribution in [3.05, 3.63) is 12.2 Å². The number of nitrogens with zero attached hydrogens (tertiary/aromatic N) is 1. The summed E-state index contributed by atoms with van der Waals surface area (Å²) in [4.78, 5) is 2.56. The van der Waals surface area contributed by atoms with Gasteiger partial charge in [0.25, 0.3) is 0 Å². The third kappa shape index (κ3) is 3.82. The van der Waals surface area contributed by atoms with Crippen molar-refractivity contribution >= 4 is 11.8 Å². The van der Waals surface area contributed by atoms with Crippen LogP contribution in [0, 0.1) is 0 Å². The molecule has 0 radical (unpaired) electrons. The second-order valence-corrected chi connectivity index (χ2v) is 5.95. The van der Waals surface area contributed by atoms with Crippen molar-refractivity contribution in [3.8, 4) is 0 Å². The van der Waals surface area contributed by atoms with Crippen LogP contribution in [0.15, 0.2) is 12.2 Å². The summed E-state index contributed by atoms with van der Waals surface area (Å²) in [5, 5.41) is 3.53. The van der Waals surface area contributed by atoms with E-state index in [9.17, 15) is 0 Å². The average Bonchev–Trinajstić information content (AvgIpc) is 3.02. The Kier molecular flexibility index (Phi) is 4.12. The van der Waals surface area contributed by atoms with Gasteiger partial charge in [-0.05, 0) is 25.3 Å². The fourth-order valence-electron chi connectivity index (χ4n) is 1.92.